The minimum Gasteiger partial charge on any atom is -0.361 e. The van der Waals surface area contributed by atoms with E-state index in [4.69, 9.17) is 9.05 Å². The van der Waals surface area contributed by atoms with E-state index in [1.165, 1.54) is 11.3 Å². The first-order valence-corrected chi connectivity index (χ1v) is 16.6. The van der Waals surface area contributed by atoms with Crippen molar-refractivity contribution in [3.05, 3.63) is 70.4 Å². The Labute approximate surface area is 292 Å². The molecule has 2 saturated heterocycles. The number of alkyl halides is 3. The molecule has 270 valence electrons. The molecule has 1 N–H and O–H groups in total. The Kier molecular flexibility index (Phi) is 13.4. The Morgan fingerprint density at radius 2 is 1.33 bits per heavy atom. The van der Waals surface area contributed by atoms with Crippen LogP contribution in [0.25, 0.3) is 0 Å². The Balaban J connectivity index is 0.000000293. The van der Waals surface area contributed by atoms with E-state index in [9.17, 15) is 27.6 Å². The zero-order valence-electron chi connectivity index (χ0n) is 29.1. The number of halogens is 4. The van der Waals surface area contributed by atoms with Gasteiger partial charge in [0, 0.05) is 35.1 Å². The van der Waals surface area contributed by atoms with E-state index in [0.717, 1.165) is 67.9 Å². The number of likely N-dealkylation sites (tertiary alicyclic amines) is 1. The summed E-state index contributed by atoms with van der Waals surface area (Å²) in [4.78, 5) is 39.4. The first-order valence-electron chi connectivity index (χ1n) is 16.6. The Hall–Kier alpha value is -3.51. The van der Waals surface area contributed by atoms with Gasteiger partial charge in [0.2, 0.25) is 0 Å². The summed E-state index contributed by atoms with van der Waals surface area (Å²) in [5.74, 6) is 1.15. The lowest BCUT2D eigenvalue weighted by atomic mass is 9.92. The van der Waals surface area contributed by atoms with Gasteiger partial charge >= 0.3 is 6.18 Å². The van der Waals surface area contributed by atoms with Crippen LogP contribution >= 0.6 is 12.4 Å². The number of piperidine rings is 2. The molecular weight excluding hydrogens is 661 g/mol. The quantitative estimate of drug-likeness (QED) is 0.269. The summed E-state index contributed by atoms with van der Waals surface area (Å²) in [7, 11) is 0. The number of hydrogen-bond donors (Lipinski definition) is 1. The van der Waals surface area contributed by atoms with Gasteiger partial charge in [0.15, 0.2) is 11.6 Å². The number of Topliss-reactive ketones (excluding diaryl/α,β-unsaturated/α-hetero) is 2. The van der Waals surface area contributed by atoms with Gasteiger partial charge in [0.1, 0.15) is 11.5 Å². The molecule has 3 aromatic rings. The monoisotopic (exact) mass is 708 g/mol. The molecule has 13 heteroatoms. The zero-order valence-corrected chi connectivity index (χ0v) is 29.9. The van der Waals surface area contributed by atoms with Crippen LogP contribution in [-0.4, -0.2) is 57.9 Å². The van der Waals surface area contributed by atoms with Gasteiger partial charge < -0.3 is 19.3 Å². The summed E-state index contributed by atoms with van der Waals surface area (Å²) in [6.45, 7) is 13.5. The van der Waals surface area contributed by atoms with Crippen molar-refractivity contribution >= 4 is 29.9 Å². The first kappa shape index (κ1) is 39.9. The normalized spacial score (nSPS) is 18.6. The number of hydrogen-bond acceptors (Lipinski definition) is 8. The van der Waals surface area contributed by atoms with Gasteiger partial charge in [0.05, 0.1) is 41.9 Å². The SMILES string of the molecule is CC(C)(C)c1cc(CC(=O)C2CCCCN2)no1.CC(C)(C)c1cc(CC(=O)C2CCCCN2C(=O)c2ccc(C(F)(F)F)cc2)no1.Cl. The number of benzene rings is 1. The van der Waals surface area contributed by atoms with Gasteiger partial charge in [-0.05, 0) is 62.9 Å². The molecule has 0 bridgehead atoms. The predicted octanol–water partition coefficient (Wildman–Crippen LogP) is 7.45. The van der Waals surface area contributed by atoms with Crippen LogP contribution in [0.3, 0.4) is 0 Å². The maximum atomic E-state index is 12.9. The zero-order chi connectivity index (χ0) is 35.3. The van der Waals surface area contributed by atoms with Crippen molar-refractivity contribution in [2.24, 2.45) is 0 Å². The second-order valence-corrected chi connectivity index (χ2v) is 14.7. The third-order valence-electron chi connectivity index (χ3n) is 8.60. The average Bonchev–Trinajstić information content (AvgIpc) is 3.71. The summed E-state index contributed by atoms with van der Waals surface area (Å²) in [6.07, 6.45) is 1.27. The fourth-order valence-electron chi connectivity index (χ4n) is 5.70. The molecule has 2 unspecified atom stereocenters. The van der Waals surface area contributed by atoms with Gasteiger partial charge in [-0.15, -0.1) is 12.4 Å². The fourth-order valence-corrected chi connectivity index (χ4v) is 5.70. The van der Waals surface area contributed by atoms with Crippen molar-refractivity contribution < 1.29 is 36.6 Å². The fraction of sp³-hybridized carbons (Fsp3) is 0.583. The number of amides is 1. The van der Waals surface area contributed by atoms with Crippen LogP contribution < -0.4 is 5.32 Å². The lowest BCUT2D eigenvalue weighted by molar-refractivity contribution is -0.137. The molecule has 2 aliphatic rings. The number of nitrogens with one attached hydrogen (secondary N) is 1. The third-order valence-corrected chi connectivity index (χ3v) is 8.60. The number of carbonyl (C=O) groups excluding carboxylic acids is 3. The van der Waals surface area contributed by atoms with E-state index in [2.05, 4.69) is 36.4 Å². The number of nitrogens with zero attached hydrogens (tertiary/aromatic N) is 3. The van der Waals surface area contributed by atoms with Gasteiger partial charge in [-0.25, -0.2) is 0 Å². The van der Waals surface area contributed by atoms with Gasteiger partial charge in [-0.2, -0.15) is 13.2 Å². The van der Waals surface area contributed by atoms with Crippen LogP contribution in [-0.2, 0) is 39.4 Å². The highest BCUT2D eigenvalue weighted by Crippen LogP contribution is 2.30. The number of carbonyl (C=O) groups is 3. The second kappa shape index (κ2) is 16.5. The summed E-state index contributed by atoms with van der Waals surface area (Å²) in [5.41, 5.74) is 0.293. The van der Waals surface area contributed by atoms with Crippen molar-refractivity contribution in [1.29, 1.82) is 0 Å². The van der Waals surface area contributed by atoms with Crippen LogP contribution in [0.5, 0.6) is 0 Å². The summed E-state index contributed by atoms with van der Waals surface area (Å²) < 4.78 is 48.9. The van der Waals surface area contributed by atoms with Crippen molar-refractivity contribution in [2.75, 3.05) is 13.1 Å². The molecule has 4 heterocycles. The topological polar surface area (TPSA) is 119 Å². The standard InChI is InChI=1S/C22H25F3N2O3.C14H22N2O2.ClH/c1-21(2,3)19-13-16(26-30-19)12-18(28)17-6-4-5-11-27(17)20(29)14-7-9-15(10-8-14)22(23,24)25;1-14(2,3)13-9-10(16-18-13)8-12(17)11-6-4-5-7-15-11;/h7-10,13,17H,4-6,11-12H2,1-3H3;9,11,15H,4-8H2,1-3H3;1H. The molecule has 0 radical (unpaired) electrons. The summed E-state index contributed by atoms with van der Waals surface area (Å²) in [6, 6.07) is 7.14. The Morgan fingerprint density at radius 3 is 1.80 bits per heavy atom. The minimum absolute atomic E-state index is 0. The molecule has 0 saturated carbocycles. The molecule has 0 spiro atoms. The van der Waals surface area contributed by atoms with Gasteiger partial charge in [0.25, 0.3) is 5.91 Å². The number of rotatable bonds is 7. The molecule has 1 aromatic carbocycles. The van der Waals surface area contributed by atoms with Crippen molar-refractivity contribution in [1.82, 2.24) is 20.5 Å². The summed E-state index contributed by atoms with van der Waals surface area (Å²) in [5, 5.41) is 11.2. The highest BCUT2D eigenvalue weighted by molar-refractivity contribution is 5.98. The molecule has 2 atom stereocenters. The summed E-state index contributed by atoms with van der Waals surface area (Å²) >= 11 is 0. The molecule has 9 nitrogen and oxygen atoms in total. The second-order valence-electron chi connectivity index (χ2n) is 14.7. The van der Waals surface area contributed by atoms with Crippen molar-refractivity contribution in [3.63, 3.8) is 0 Å². The molecule has 2 aromatic heterocycles. The molecule has 0 aliphatic carbocycles. The largest absolute Gasteiger partial charge is 0.416 e. The lowest BCUT2D eigenvalue weighted by Gasteiger charge is -2.34. The van der Waals surface area contributed by atoms with E-state index in [1.807, 2.05) is 26.8 Å². The highest BCUT2D eigenvalue weighted by atomic mass is 35.5. The molecule has 2 fully saturated rings. The van der Waals surface area contributed by atoms with Crippen LogP contribution in [0.2, 0.25) is 0 Å². The maximum Gasteiger partial charge on any atom is 0.416 e. The smallest absolute Gasteiger partial charge is 0.361 e. The van der Waals surface area contributed by atoms with Crippen LogP contribution in [0.15, 0.2) is 45.4 Å². The van der Waals surface area contributed by atoms with Crippen LogP contribution in [0.1, 0.15) is 119 Å². The lowest BCUT2D eigenvalue weighted by Crippen LogP contribution is -2.48. The molecule has 5 rings (SSSR count). The van der Waals surface area contributed by atoms with Crippen molar-refractivity contribution in [3.8, 4) is 0 Å². The van der Waals surface area contributed by atoms with Gasteiger partial charge in [-0.1, -0.05) is 58.3 Å². The van der Waals surface area contributed by atoms with E-state index in [-0.39, 0.29) is 52.8 Å². The van der Waals surface area contributed by atoms with E-state index < -0.39 is 23.7 Å². The van der Waals surface area contributed by atoms with E-state index in [0.29, 0.717) is 30.8 Å². The first-order chi connectivity index (χ1) is 22.4. The maximum absolute atomic E-state index is 12.9. The van der Waals surface area contributed by atoms with Gasteiger partial charge in [-0.3, -0.25) is 14.4 Å². The molecule has 1 amide bonds. The third kappa shape index (κ3) is 11.0. The Morgan fingerprint density at radius 1 is 0.796 bits per heavy atom. The Bertz CT molecular complexity index is 1550. The van der Waals surface area contributed by atoms with Crippen LogP contribution in [0, 0.1) is 0 Å². The number of aromatic nitrogens is 2. The molecule has 49 heavy (non-hydrogen) atoms. The van der Waals surface area contributed by atoms with Crippen molar-refractivity contribution in [2.45, 2.75) is 122 Å². The molecular formula is C36H48ClF3N4O5. The molecule has 2 aliphatic heterocycles. The minimum atomic E-state index is -4.46. The van der Waals surface area contributed by atoms with E-state index in [1.54, 1.807) is 6.07 Å². The average molecular weight is 709 g/mol. The predicted molar refractivity (Wildman–Crippen MR) is 181 cm³/mol. The number of ketones is 2. The highest BCUT2D eigenvalue weighted by Gasteiger charge is 2.35. The van der Waals surface area contributed by atoms with Crippen LogP contribution in [0.4, 0.5) is 13.2 Å². The van der Waals surface area contributed by atoms with E-state index >= 15 is 0 Å².